The third-order valence-electron chi connectivity index (χ3n) is 5.12. The van der Waals surface area contributed by atoms with E-state index in [0.717, 1.165) is 27.8 Å². The summed E-state index contributed by atoms with van der Waals surface area (Å²) in [4.78, 5) is 17.4. The number of aromatic nitrogens is 2. The summed E-state index contributed by atoms with van der Waals surface area (Å²) in [5, 5.41) is 4.11. The summed E-state index contributed by atoms with van der Waals surface area (Å²) in [5.41, 5.74) is -1.79. The van der Waals surface area contributed by atoms with Crippen LogP contribution in [0.1, 0.15) is 10.5 Å². The molecule has 1 aromatic heterocycles. The highest BCUT2D eigenvalue weighted by molar-refractivity contribution is 9.10. The molecule has 0 radical (unpaired) electrons. The zero-order chi connectivity index (χ0) is 27.2. The van der Waals surface area contributed by atoms with Crippen LogP contribution in [0.25, 0.3) is 17.0 Å². The van der Waals surface area contributed by atoms with Gasteiger partial charge in [-0.1, -0.05) is 22.0 Å². The fourth-order valence-electron chi connectivity index (χ4n) is 3.59. The number of hydrogen-bond donors (Lipinski definition) is 0. The molecule has 4 rings (SSSR count). The van der Waals surface area contributed by atoms with E-state index >= 15 is 0 Å². The van der Waals surface area contributed by atoms with Crippen molar-refractivity contribution < 1.29 is 44.3 Å². The molecule has 1 amide bonds. The number of sulfone groups is 1. The number of alkyl halides is 6. The van der Waals surface area contributed by atoms with Gasteiger partial charge in [-0.15, -0.1) is 13.2 Å². The Hall–Kier alpha value is -3.14. The number of amides is 1. The SMILES string of the molecule is O=C(c1cc(-c2cc(Br)cc(OC(F)(F)F)c2)n(C2=CC(C(F)(F)F)=NCC=C2)n1)N1CCS(=O)(=O)C1. The van der Waals surface area contributed by atoms with Crippen molar-refractivity contribution >= 4 is 43.1 Å². The number of carbonyl (C=O) groups excluding carboxylic acids is 1. The van der Waals surface area contributed by atoms with E-state index in [4.69, 9.17) is 0 Å². The van der Waals surface area contributed by atoms with Gasteiger partial charge in [0.2, 0.25) is 0 Å². The second-order valence-corrected chi connectivity index (χ2v) is 11.0. The van der Waals surface area contributed by atoms with Crippen molar-refractivity contribution in [3.05, 3.63) is 52.7 Å². The molecule has 0 atom stereocenters. The number of benzene rings is 1. The number of aliphatic imine (C=N–C) groups is 1. The van der Waals surface area contributed by atoms with E-state index < -0.39 is 45.6 Å². The molecule has 0 N–H and O–H groups in total. The Morgan fingerprint density at radius 2 is 1.81 bits per heavy atom. The van der Waals surface area contributed by atoms with E-state index in [1.807, 2.05) is 0 Å². The highest BCUT2D eigenvalue weighted by Gasteiger charge is 2.36. The minimum atomic E-state index is -5.02. The third-order valence-corrected chi connectivity index (χ3v) is 7.08. The minimum absolute atomic E-state index is 0.0123. The Kier molecular flexibility index (Phi) is 7.00. The summed E-state index contributed by atoms with van der Waals surface area (Å²) in [6.45, 7) is -0.416. The third kappa shape index (κ3) is 6.41. The minimum Gasteiger partial charge on any atom is -0.406 e. The van der Waals surface area contributed by atoms with Gasteiger partial charge in [-0.2, -0.15) is 18.3 Å². The molecule has 0 unspecified atom stereocenters. The maximum Gasteiger partial charge on any atom is 0.573 e. The molecule has 2 aromatic rings. The van der Waals surface area contributed by atoms with Gasteiger partial charge in [0.1, 0.15) is 17.3 Å². The molecule has 198 valence electrons. The van der Waals surface area contributed by atoms with Crippen LogP contribution in [0, 0.1) is 0 Å². The molecule has 0 spiro atoms. The number of rotatable bonds is 4. The Morgan fingerprint density at radius 1 is 1.08 bits per heavy atom. The molecule has 37 heavy (non-hydrogen) atoms. The van der Waals surface area contributed by atoms with Crippen molar-refractivity contribution in [3.63, 3.8) is 0 Å². The Bertz CT molecular complexity index is 1440. The first-order valence-electron chi connectivity index (χ1n) is 10.3. The number of ether oxygens (including phenoxy) is 1. The summed E-state index contributed by atoms with van der Waals surface area (Å²) < 4.78 is 107. The lowest BCUT2D eigenvalue weighted by atomic mass is 10.1. The van der Waals surface area contributed by atoms with Crippen molar-refractivity contribution in [2.45, 2.75) is 12.5 Å². The predicted octanol–water partition coefficient (Wildman–Crippen LogP) is 4.45. The highest BCUT2D eigenvalue weighted by Crippen LogP contribution is 2.34. The van der Waals surface area contributed by atoms with E-state index in [9.17, 15) is 39.6 Å². The summed E-state index contributed by atoms with van der Waals surface area (Å²) in [7, 11) is -3.50. The van der Waals surface area contributed by atoms with Crippen molar-refractivity contribution in [3.8, 4) is 17.0 Å². The van der Waals surface area contributed by atoms with Crippen molar-refractivity contribution in [2.75, 3.05) is 24.7 Å². The van der Waals surface area contributed by atoms with Gasteiger partial charge < -0.3 is 9.64 Å². The molecule has 2 aliphatic heterocycles. The van der Waals surface area contributed by atoms with E-state index in [1.54, 1.807) is 0 Å². The molecule has 16 heteroatoms. The number of halogens is 7. The summed E-state index contributed by atoms with van der Waals surface area (Å²) in [6.07, 6.45) is -6.58. The summed E-state index contributed by atoms with van der Waals surface area (Å²) in [5.74, 6) is -2.28. The number of allylic oxidation sites excluding steroid dienone is 3. The van der Waals surface area contributed by atoms with Gasteiger partial charge in [0.05, 0.1) is 23.7 Å². The molecule has 1 fully saturated rings. The van der Waals surface area contributed by atoms with Gasteiger partial charge in [0, 0.05) is 16.6 Å². The second kappa shape index (κ2) is 9.63. The van der Waals surface area contributed by atoms with E-state index in [-0.39, 0.29) is 46.0 Å². The Morgan fingerprint density at radius 3 is 2.43 bits per heavy atom. The molecular weight excluding hydrogens is 598 g/mol. The number of hydrogen-bond acceptors (Lipinski definition) is 6. The lowest BCUT2D eigenvalue weighted by molar-refractivity contribution is -0.274. The Balaban J connectivity index is 1.86. The van der Waals surface area contributed by atoms with Gasteiger partial charge >= 0.3 is 12.5 Å². The Labute approximate surface area is 214 Å². The largest absolute Gasteiger partial charge is 0.573 e. The van der Waals surface area contributed by atoms with Gasteiger partial charge in [-0.25, -0.2) is 13.1 Å². The lowest BCUT2D eigenvalue weighted by Gasteiger charge is -2.13. The van der Waals surface area contributed by atoms with Gasteiger partial charge in [0.15, 0.2) is 15.5 Å². The quantitative estimate of drug-likeness (QED) is 0.476. The average molecular weight is 613 g/mol. The van der Waals surface area contributed by atoms with E-state index in [0.29, 0.717) is 6.08 Å². The predicted molar refractivity (Wildman–Crippen MR) is 124 cm³/mol. The van der Waals surface area contributed by atoms with Gasteiger partial charge in [-0.3, -0.25) is 9.79 Å². The fraction of sp³-hybridized carbons (Fsp3) is 0.286. The molecule has 1 aromatic carbocycles. The molecule has 8 nitrogen and oxygen atoms in total. The van der Waals surface area contributed by atoms with Crippen LogP contribution in [0.4, 0.5) is 26.3 Å². The van der Waals surface area contributed by atoms with Crippen LogP contribution in [0.5, 0.6) is 5.75 Å². The number of carbonyl (C=O) groups is 1. The smallest absolute Gasteiger partial charge is 0.406 e. The normalized spacial score (nSPS) is 17.9. The molecule has 1 saturated heterocycles. The molecule has 2 aliphatic rings. The average Bonchev–Trinajstić information content (AvgIpc) is 3.25. The van der Waals surface area contributed by atoms with Crippen LogP contribution < -0.4 is 4.74 Å². The highest BCUT2D eigenvalue weighted by atomic mass is 79.9. The van der Waals surface area contributed by atoms with Crippen molar-refractivity contribution in [2.24, 2.45) is 4.99 Å². The van der Waals surface area contributed by atoms with Crippen LogP contribution in [-0.2, 0) is 9.84 Å². The zero-order valence-corrected chi connectivity index (χ0v) is 20.7. The summed E-state index contributed by atoms with van der Waals surface area (Å²) in [6, 6.07) is 4.50. The van der Waals surface area contributed by atoms with Crippen LogP contribution in [0.15, 0.2) is 52.0 Å². The second-order valence-electron chi connectivity index (χ2n) is 7.89. The van der Waals surface area contributed by atoms with Crippen LogP contribution in [-0.4, -0.2) is 72.0 Å². The first-order chi connectivity index (χ1) is 17.1. The van der Waals surface area contributed by atoms with Gasteiger partial charge in [0.25, 0.3) is 5.91 Å². The molecular formula is C21H15BrF6N4O4S. The molecule has 0 aliphatic carbocycles. The van der Waals surface area contributed by atoms with Crippen LogP contribution >= 0.6 is 15.9 Å². The standard InChI is InChI=1S/C21H15BrF6N4O4S/c22-13-6-12(7-15(8-13)36-21(26,27)28)17-10-16(19(33)31-4-5-37(34,35)11-31)30-32(17)14-2-1-3-29-18(9-14)20(23,24)25/h1-2,6-10H,3-5,11H2. The molecule has 0 saturated carbocycles. The first kappa shape index (κ1) is 26.9. The topological polar surface area (TPSA) is 93.9 Å². The summed E-state index contributed by atoms with van der Waals surface area (Å²) >= 11 is 3.07. The fourth-order valence-corrected chi connectivity index (χ4v) is 5.41. The van der Waals surface area contributed by atoms with Crippen molar-refractivity contribution in [1.29, 1.82) is 0 Å². The van der Waals surface area contributed by atoms with E-state index in [1.165, 1.54) is 18.2 Å². The van der Waals surface area contributed by atoms with Gasteiger partial charge in [-0.05, 0) is 36.4 Å². The monoisotopic (exact) mass is 612 g/mol. The van der Waals surface area contributed by atoms with Crippen LogP contribution in [0.3, 0.4) is 0 Å². The first-order valence-corrected chi connectivity index (χ1v) is 12.9. The van der Waals surface area contributed by atoms with Crippen LogP contribution in [0.2, 0.25) is 0 Å². The molecule has 0 bridgehead atoms. The lowest BCUT2D eigenvalue weighted by Crippen LogP contribution is -2.29. The zero-order valence-electron chi connectivity index (χ0n) is 18.3. The van der Waals surface area contributed by atoms with Crippen molar-refractivity contribution in [1.82, 2.24) is 14.7 Å². The number of nitrogens with zero attached hydrogens (tertiary/aromatic N) is 4. The van der Waals surface area contributed by atoms with E-state index in [2.05, 4.69) is 30.8 Å². The molecule has 3 heterocycles. The maximum absolute atomic E-state index is 13.4. The maximum atomic E-state index is 13.4.